The fourth-order valence-electron chi connectivity index (χ4n) is 1.64. The zero-order chi connectivity index (χ0) is 13.8. The number of carbonyl (C=O) groups is 2. The molecule has 0 N–H and O–H groups in total. The van der Waals surface area contributed by atoms with Crippen LogP contribution in [0, 0.1) is 5.82 Å². The molecule has 0 amide bonds. The van der Waals surface area contributed by atoms with Crippen LogP contribution in [-0.4, -0.2) is 11.8 Å². The smallest absolute Gasteiger partial charge is 0.308 e. The number of hydrogen-bond donors (Lipinski definition) is 0. The van der Waals surface area contributed by atoms with E-state index in [1.54, 1.807) is 6.07 Å². The Kier molecular flexibility index (Phi) is 3.71. The van der Waals surface area contributed by atoms with Gasteiger partial charge in [-0.25, -0.2) is 4.39 Å². The summed E-state index contributed by atoms with van der Waals surface area (Å²) in [7, 11) is 0. The second-order valence-corrected chi connectivity index (χ2v) is 3.96. The third-order valence-corrected chi connectivity index (χ3v) is 2.46. The average molecular weight is 258 g/mol. The van der Waals surface area contributed by atoms with Crippen LogP contribution in [0.3, 0.4) is 0 Å². The summed E-state index contributed by atoms with van der Waals surface area (Å²) in [5, 5.41) is 0. The summed E-state index contributed by atoms with van der Waals surface area (Å²) >= 11 is 0. The number of benzene rings is 2. The van der Waals surface area contributed by atoms with Gasteiger partial charge in [0.25, 0.3) is 0 Å². The molecular formula is C15H11FO3. The fourth-order valence-corrected chi connectivity index (χ4v) is 1.64. The summed E-state index contributed by atoms with van der Waals surface area (Å²) in [6.07, 6.45) is 0. The van der Waals surface area contributed by atoms with Gasteiger partial charge in [-0.2, -0.15) is 0 Å². The molecule has 0 aliphatic heterocycles. The molecule has 0 aliphatic rings. The molecule has 0 bridgehead atoms. The number of esters is 1. The molecule has 4 heteroatoms. The predicted octanol–water partition coefficient (Wildman–Crippen LogP) is 2.98. The Morgan fingerprint density at radius 1 is 1.00 bits per heavy atom. The van der Waals surface area contributed by atoms with Crippen molar-refractivity contribution < 1.29 is 18.7 Å². The lowest BCUT2D eigenvalue weighted by Crippen LogP contribution is -2.03. The van der Waals surface area contributed by atoms with Crippen molar-refractivity contribution in [2.45, 2.75) is 6.92 Å². The summed E-state index contributed by atoms with van der Waals surface area (Å²) in [6, 6.07) is 11.6. The first-order chi connectivity index (χ1) is 9.06. The highest BCUT2D eigenvalue weighted by molar-refractivity contribution is 6.09. The van der Waals surface area contributed by atoms with Gasteiger partial charge in [0, 0.05) is 18.1 Å². The van der Waals surface area contributed by atoms with Gasteiger partial charge in [-0.05, 0) is 36.4 Å². The lowest BCUT2D eigenvalue weighted by atomic mass is 10.0. The predicted molar refractivity (Wildman–Crippen MR) is 67.6 cm³/mol. The van der Waals surface area contributed by atoms with Gasteiger partial charge in [-0.1, -0.05) is 12.1 Å². The molecule has 2 aromatic carbocycles. The largest absolute Gasteiger partial charge is 0.427 e. The summed E-state index contributed by atoms with van der Waals surface area (Å²) in [6.45, 7) is 1.30. The molecule has 2 aromatic rings. The van der Waals surface area contributed by atoms with Crippen LogP contribution in [0.25, 0.3) is 0 Å². The van der Waals surface area contributed by atoms with Crippen LogP contribution in [0.5, 0.6) is 5.75 Å². The average Bonchev–Trinajstić information content (AvgIpc) is 2.38. The molecule has 96 valence electrons. The maximum atomic E-state index is 13.0. The molecule has 0 unspecified atom stereocenters. The minimum atomic E-state index is -0.456. The van der Waals surface area contributed by atoms with Gasteiger partial charge in [0.05, 0.1) is 0 Å². The third-order valence-electron chi connectivity index (χ3n) is 2.46. The third kappa shape index (κ3) is 3.25. The molecule has 0 saturated heterocycles. The van der Waals surface area contributed by atoms with Gasteiger partial charge in [-0.3, -0.25) is 9.59 Å². The molecule has 19 heavy (non-hydrogen) atoms. The summed E-state index contributed by atoms with van der Waals surface area (Å²) < 4.78 is 17.9. The number of carbonyl (C=O) groups excluding carboxylic acids is 2. The summed E-state index contributed by atoms with van der Waals surface area (Å²) in [5.74, 6) is -0.802. The Morgan fingerprint density at radius 2 is 1.68 bits per heavy atom. The molecule has 0 heterocycles. The number of hydrogen-bond acceptors (Lipinski definition) is 3. The Morgan fingerprint density at radius 3 is 2.26 bits per heavy atom. The molecule has 0 radical (unpaired) electrons. The molecule has 0 saturated carbocycles. The number of ether oxygens (including phenoxy) is 1. The quantitative estimate of drug-likeness (QED) is 0.483. The van der Waals surface area contributed by atoms with E-state index in [2.05, 4.69) is 0 Å². The van der Waals surface area contributed by atoms with Crippen molar-refractivity contribution in [3.63, 3.8) is 0 Å². The molecule has 0 fully saturated rings. The molecule has 2 rings (SSSR count). The normalized spacial score (nSPS) is 10.0. The highest BCUT2D eigenvalue weighted by Gasteiger charge is 2.10. The van der Waals surface area contributed by atoms with E-state index in [1.165, 1.54) is 49.4 Å². The molecule has 0 aliphatic carbocycles. The fraction of sp³-hybridized carbons (Fsp3) is 0.0667. The van der Waals surface area contributed by atoms with E-state index < -0.39 is 11.8 Å². The van der Waals surface area contributed by atoms with Crippen molar-refractivity contribution in [1.82, 2.24) is 0 Å². The van der Waals surface area contributed by atoms with Crippen molar-refractivity contribution >= 4 is 11.8 Å². The van der Waals surface area contributed by atoms with Crippen LogP contribution >= 0.6 is 0 Å². The van der Waals surface area contributed by atoms with Crippen LogP contribution in [0.2, 0.25) is 0 Å². The van der Waals surface area contributed by atoms with Gasteiger partial charge in [0.2, 0.25) is 0 Å². The first-order valence-electron chi connectivity index (χ1n) is 5.65. The number of ketones is 1. The molecule has 3 nitrogen and oxygen atoms in total. The van der Waals surface area contributed by atoms with E-state index >= 15 is 0 Å². The minimum Gasteiger partial charge on any atom is -0.427 e. The molecule has 0 aromatic heterocycles. The van der Waals surface area contributed by atoms with E-state index in [9.17, 15) is 14.0 Å². The molecular weight excluding hydrogens is 247 g/mol. The van der Waals surface area contributed by atoms with Crippen molar-refractivity contribution in [3.05, 3.63) is 65.5 Å². The Labute approximate surface area is 109 Å². The zero-order valence-electron chi connectivity index (χ0n) is 10.2. The van der Waals surface area contributed by atoms with Crippen LogP contribution in [0.4, 0.5) is 4.39 Å². The monoisotopic (exact) mass is 258 g/mol. The zero-order valence-corrected chi connectivity index (χ0v) is 10.2. The lowest BCUT2D eigenvalue weighted by Gasteiger charge is -2.04. The van der Waals surface area contributed by atoms with E-state index in [1.807, 2.05) is 0 Å². The number of rotatable bonds is 3. The lowest BCUT2D eigenvalue weighted by molar-refractivity contribution is -0.131. The van der Waals surface area contributed by atoms with Crippen LogP contribution in [-0.2, 0) is 4.79 Å². The van der Waals surface area contributed by atoms with Crippen molar-refractivity contribution in [2.75, 3.05) is 0 Å². The van der Waals surface area contributed by atoms with E-state index in [0.717, 1.165) is 0 Å². The van der Waals surface area contributed by atoms with Crippen molar-refractivity contribution in [1.29, 1.82) is 0 Å². The Balaban J connectivity index is 2.22. The van der Waals surface area contributed by atoms with E-state index in [0.29, 0.717) is 11.3 Å². The first-order valence-corrected chi connectivity index (χ1v) is 5.65. The van der Waals surface area contributed by atoms with E-state index in [4.69, 9.17) is 4.74 Å². The van der Waals surface area contributed by atoms with Crippen molar-refractivity contribution in [2.24, 2.45) is 0 Å². The van der Waals surface area contributed by atoms with Crippen LogP contribution < -0.4 is 4.74 Å². The van der Waals surface area contributed by atoms with Gasteiger partial charge >= 0.3 is 5.97 Å². The maximum absolute atomic E-state index is 13.0. The summed E-state index contributed by atoms with van der Waals surface area (Å²) in [5.41, 5.74) is 0.682. The van der Waals surface area contributed by atoms with Crippen molar-refractivity contribution in [3.8, 4) is 5.75 Å². The van der Waals surface area contributed by atoms with Gasteiger partial charge in [-0.15, -0.1) is 0 Å². The Bertz CT molecular complexity index is 618. The second kappa shape index (κ2) is 5.44. The highest BCUT2D eigenvalue weighted by Crippen LogP contribution is 2.16. The second-order valence-electron chi connectivity index (χ2n) is 3.96. The van der Waals surface area contributed by atoms with Crippen LogP contribution in [0.1, 0.15) is 22.8 Å². The van der Waals surface area contributed by atoms with Gasteiger partial charge in [0.15, 0.2) is 5.78 Å². The first kappa shape index (κ1) is 13.0. The Hall–Kier alpha value is -2.49. The van der Waals surface area contributed by atoms with E-state index in [-0.39, 0.29) is 11.3 Å². The minimum absolute atomic E-state index is 0.278. The summed E-state index contributed by atoms with van der Waals surface area (Å²) in [4.78, 5) is 22.8. The maximum Gasteiger partial charge on any atom is 0.308 e. The number of halogens is 1. The van der Waals surface area contributed by atoms with Gasteiger partial charge in [0.1, 0.15) is 11.6 Å². The van der Waals surface area contributed by atoms with Crippen LogP contribution in [0.15, 0.2) is 48.5 Å². The SMILES string of the molecule is CC(=O)Oc1ccc(C(=O)c2cccc(F)c2)cc1. The molecule has 0 atom stereocenters. The topological polar surface area (TPSA) is 43.4 Å². The highest BCUT2D eigenvalue weighted by atomic mass is 19.1. The standard InChI is InChI=1S/C15H11FO3/c1-10(17)19-14-7-5-11(6-8-14)15(18)12-3-2-4-13(16)9-12/h2-9H,1H3. The molecule has 0 spiro atoms. The van der Waals surface area contributed by atoms with Gasteiger partial charge < -0.3 is 4.74 Å².